The maximum absolute atomic E-state index is 12.3. The van der Waals surface area contributed by atoms with Crippen molar-refractivity contribution in [2.75, 3.05) is 13.7 Å². The Labute approximate surface area is 148 Å². The molecule has 0 fully saturated rings. The smallest absolute Gasteiger partial charge is 0.422 e. The number of ether oxygens (including phenoxy) is 1. The van der Waals surface area contributed by atoms with E-state index in [0.29, 0.717) is 0 Å². The number of alkyl halides is 3. The molecule has 1 aromatic heterocycles. The minimum Gasteiger partial charge on any atom is -0.482 e. The van der Waals surface area contributed by atoms with Crippen LogP contribution in [0.4, 0.5) is 13.2 Å². The SMILES string of the molecule is CNC(=O)[C@@H](NC(=O)c1cc(OCC(F)(F)F)c(Cl)cn1)C(C)(C)C. The van der Waals surface area contributed by atoms with E-state index in [4.69, 9.17) is 11.6 Å². The summed E-state index contributed by atoms with van der Waals surface area (Å²) in [5.41, 5.74) is -0.822. The highest BCUT2D eigenvalue weighted by Gasteiger charge is 2.33. The maximum atomic E-state index is 12.3. The molecule has 0 unspecified atom stereocenters. The molecule has 10 heteroatoms. The first-order chi connectivity index (χ1) is 11.3. The number of carbonyl (C=O) groups excluding carboxylic acids is 2. The second-order valence-corrected chi connectivity index (χ2v) is 6.70. The van der Waals surface area contributed by atoms with Gasteiger partial charge in [-0.1, -0.05) is 32.4 Å². The molecular formula is C15H19ClF3N3O3. The average Bonchev–Trinajstić information content (AvgIpc) is 2.48. The summed E-state index contributed by atoms with van der Waals surface area (Å²) in [5.74, 6) is -1.48. The first-order valence-electron chi connectivity index (χ1n) is 7.22. The molecule has 0 aliphatic carbocycles. The molecule has 1 aromatic rings. The number of rotatable bonds is 5. The van der Waals surface area contributed by atoms with Crippen LogP contribution in [0.15, 0.2) is 12.3 Å². The normalized spacial score (nSPS) is 13.1. The van der Waals surface area contributed by atoms with Crippen molar-refractivity contribution in [2.45, 2.75) is 33.0 Å². The van der Waals surface area contributed by atoms with Crippen molar-refractivity contribution < 1.29 is 27.5 Å². The number of hydrogen-bond acceptors (Lipinski definition) is 4. The molecule has 6 nitrogen and oxygen atoms in total. The standard InChI is InChI=1S/C15H19ClF3N3O3/c1-14(2,3)11(13(24)20-4)22-12(23)9-5-10(8(16)6-21-9)25-7-15(17,18)19/h5-6,11H,7H2,1-4H3,(H,20,24)(H,22,23)/t11-/m1/s1. The Bertz CT molecular complexity index is 645. The molecule has 1 atom stereocenters. The van der Waals surface area contributed by atoms with Gasteiger partial charge in [0.05, 0.1) is 6.20 Å². The lowest BCUT2D eigenvalue weighted by molar-refractivity contribution is -0.153. The second-order valence-electron chi connectivity index (χ2n) is 6.29. The van der Waals surface area contributed by atoms with Crippen LogP contribution in [0.2, 0.25) is 5.02 Å². The first kappa shape index (κ1) is 21.0. The Morgan fingerprint density at radius 3 is 2.40 bits per heavy atom. The second kappa shape index (κ2) is 7.90. The molecule has 2 N–H and O–H groups in total. The van der Waals surface area contributed by atoms with E-state index in [-0.39, 0.29) is 16.5 Å². The number of nitrogens with one attached hydrogen (secondary N) is 2. The van der Waals surface area contributed by atoms with Crippen LogP contribution in [0.1, 0.15) is 31.3 Å². The van der Waals surface area contributed by atoms with Gasteiger partial charge >= 0.3 is 6.18 Å². The first-order valence-corrected chi connectivity index (χ1v) is 7.60. The molecule has 0 aliphatic rings. The minimum atomic E-state index is -4.55. The van der Waals surface area contributed by atoms with Crippen LogP contribution in [0.5, 0.6) is 5.75 Å². The van der Waals surface area contributed by atoms with E-state index in [0.717, 1.165) is 12.3 Å². The summed E-state index contributed by atoms with van der Waals surface area (Å²) in [5, 5.41) is 4.78. The Hall–Kier alpha value is -2.03. The average molecular weight is 382 g/mol. The van der Waals surface area contributed by atoms with E-state index in [9.17, 15) is 22.8 Å². The summed E-state index contributed by atoms with van der Waals surface area (Å²) < 4.78 is 41.3. The summed E-state index contributed by atoms with van der Waals surface area (Å²) >= 11 is 5.73. The van der Waals surface area contributed by atoms with E-state index in [1.165, 1.54) is 7.05 Å². The van der Waals surface area contributed by atoms with Gasteiger partial charge in [-0.15, -0.1) is 0 Å². The third-order valence-electron chi connectivity index (χ3n) is 3.09. The minimum absolute atomic E-state index is 0.167. The van der Waals surface area contributed by atoms with Crippen molar-refractivity contribution in [1.29, 1.82) is 0 Å². The Morgan fingerprint density at radius 1 is 1.32 bits per heavy atom. The van der Waals surface area contributed by atoms with E-state index in [2.05, 4.69) is 20.4 Å². The maximum Gasteiger partial charge on any atom is 0.422 e. The highest BCUT2D eigenvalue weighted by atomic mass is 35.5. The predicted octanol–water partition coefficient (Wildman–Crippen LogP) is 2.57. The van der Waals surface area contributed by atoms with Gasteiger partial charge in [-0.3, -0.25) is 9.59 Å². The summed E-state index contributed by atoms with van der Waals surface area (Å²) in [6.45, 7) is 3.70. The molecule has 0 radical (unpaired) electrons. The van der Waals surface area contributed by atoms with Gasteiger partial charge in [0, 0.05) is 13.1 Å². The largest absolute Gasteiger partial charge is 0.482 e. The summed E-state index contributed by atoms with van der Waals surface area (Å²) in [7, 11) is 1.43. The van der Waals surface area contributed by atoms with Crippen molar-refractivity contribution in [3.8, 4) is 5.75 Å². The van der Waals surface area contributed by atoms with Crippen LogP contribution in [-0.2, 0) is 4.79 Å². The van der Waals surface area contributed by atoms with E-state index in [1.807, 2.05) is 0 Å². The zero-order valence-corrected chi connectivity index (χ0v) is 14.9. The molecule has 0 bridgehead atoms. The van der Waals surface area contributed by atoms with Crippen molar-refractivity contribution in [3.05, 3.63) is 23.0 Å². The molecule has 1 rings (SSSR count). The molecular weight excluding hydrogens is 363 g/mol. The van der Waals surface area contributed by atoms with Crippen LogP contribution >= 0.6 is 11.6 Å². The Balaban J connectivity index is 2.99. The Kier molecular flexibility index (Phi) is 6.64. The molecule has 1 heterocycles. The van der Waals surface area contributed by atoms with Gasteiger partial charge in [-0.2, -0.15) is 13.2 Å². The molecule has 0 aromatic carbocycles. The highest BCUT2D eigenvalue weighted by Crippen LogP contribution is 2.27. The number of likely N-dealkylation sites (N-methyl/N-ethyl adjacent to an activating group) is 1. The lowest BCUT2D eigenvalue weighted by Crippen LogP contribution is -2.53. The monoisotopic (exact) mass is 381 g/mol. The van der Waals surface area contributed by atoms with Crippen LogP contribution in [0.3, 0.4) is 0 Å². The van der Waals surface area contributed by atoms with Crippen LogP contribution in [0, 0.1) is 5.41 Å². The number of amides is 2. The van der Waals surface area contributed by atoms with Gasteiger partial charge in [-0.05, 0) is 5.41 Å². The molecule has 0 saturated heterocycles. The molecule has 0 spiro atoms. The van der Waals surface area contributed by atoms with Crippen LogP contribution in [0.25, 0.3) is 0 Å². The fraction of sp³-hybridized carbons (Fsp3) is 0.533. The van der Waals surface area contributed by atoms with Gasteiger partial charge in [0.1, 0.15) is 22.5 Å². The molecule has 2 amide bonds. The fourth-order valence-electron chi connectivity index (χ4n) is 1.84. The lowest BCUT2D eigenvalue weighted by atomic mass is 9.86. The van der Waals surface area contributed by atoms with Crippen molar-refractivity contribution in [3.63, 3.8) is 0 Å². The third-order valence-corrected chi connectivity index (χ3v) is 3.38. The van der Waals surface area contributed by atoms with Crippen LogP contribution < -0.4 is 15.4 Å². The van der Waals surface area contributed by atoms with E-state index >= 15 is 0 Å². The Morgan fingerprint density at radius 2 is 1.92 bits per heavy atom. The predicted molar refractivity (Wildman–Crippen MR) is 85.6 cm³/mol. The summed E-state index contributed by atoms with van der Waals surface area (Å²) in [6, 6.07) is 0.120. The van der Waals surface area contributed by atoms with Gasteiger partial charge in [-0.25, -0.2) is 4.98 Å². The number of pyridine rings is 1. The summed E-state index contributed by atoms with van der Waals surface area (Å²) in [4.78, 5) is 28.0. The lowest BCUT2D eigenvalue weighted by Gasteiger charge is -2.29. The molecule has 0 saturated carbocycles. The van der Waals surface area contributed by atoms with Crippen molar-refractivity contribution in [2.24, 2.45) is 5.41 Å². The van der Waals surface area contributed by atoms with Crippen molar-refractivity contribution in [1.82, 2.24) is 15.6 Å². The van der Waals surface area contributed by atoms with Crippen LogP contribution in [-0.4, -0.2) is 42.7 Å². The van der Waals surface area contributed by atoms with E-state index in [1.54, 1.807) is 20.8 Å². The van der Waals surface area contributed by atoms with Gasteiger partial charge in [0.15, 0.2) is 6.61 Å². The zero-order valence-electron chi connectivity index (χ0n) is 14.1. The third kappa shape index (κ3) is 6.41. The number of halogens is 4. The van der Waals surface area contributed by atoms with Gasteiger partial charge in [0.25, 0.3) is 5.91 Å². The number of aromatic nitrogens is 1. The summed E-state index contributed by atoms with van der Waals surface area (Å²) in [6.07, 6.45) is -3.54. The number of hydrogen-bond donors (Lipinski definition) is 2. The number of carbonyl (C=O) groups is 2. The topological polar surface area (TPSA) is 80.3 Å². The molecule has 0 aliphatic heterocycles. The van der Waals surface area contributed by atoms with Gasteiger partial charge in [0.2, 0.25) is 5.91 Å². The fourth-order valence-corrected chi connectivity index (χ4v) is 2.00. The number of nitrogens with zero attached hydrogens (tertiary/aromatic N) is 1. The zero-order chi connectivity index (χ0) is 19.4. The molecule has 140 valence electrons. The van der Waals surface area contributed by atoms with Gasteiger partial charge < -0.3 is 15.4 Å². The van der Waals surface area contributed by atoms with E-state index < -0.39 is 36.1 Å². The van der Waals surface area contributed by atoms with Crippen molar-refractivity contribution >= 4 is 23.4 Å². The quantitative estimate of drug-likeness (QED) is 0.821. The molecule has 25 heavy (non-hydrogen) atoms. The highest BCUT2D eigenvalue weighted by molar-refractivity contribution is 6.32.